The summed E-state index contributed by atoms with van der Waals surface area (Å²) in [5.74, 6) is 0. The van der Waals surface area contributed by atoms with Gasteiger partial charge in [-0.25, -0.2) is 0 Å². The molecular weight excluding hydrogens is 158 g/mol. The lowest BCUT2D eigenvalue weighted by atomic mass is 10.3. The van der Waals surface area contributed by atoms with Crippen LogP contribution < -0.4 is 0 Å². The first kappa shape index (κ1) is 6.74. The Kier molecular flexibility index (Phi) is 1.40. The Balaban J connectivity index is 2.92. The van der Waals surface area contributed by atoms with Crippen molar-refractivity contribution in [3.05, 3.63) is 41.2 Å². The second-order valence-corrected chi connectivity index (χ2v) is 2.97. The maximum absolute atomic E-state index is 6.00. The molecule has 2 aromatic heterocycles. The fourth-order valence-electron chi connectivity index (χ4n) is 1.22. The summed E-state index contributed by atoms with van der Waals surface area (Å²) in [7, 11) is 0. The SMILES string of the molecule is Cc1cc2ccccn2c1Cl. The highest BCUT2D eigenvalue weighted by atomic mass is 35.5. The summed E-state index contributed by atoms with van der Waals surface area (Å²) in [6.07, 6.45) is 1.96. The number of rotatable bonds is 0. The van der Waals surface area contributed by atoms with E-state index in [9.17, 15) is 0 Å². The highest BCUT2D eigenvalue weighted by molar-refractivity contribution is 6.30. The van der Waals surface area contributed by atoms with Gasteiger partial charge in [0.2, 0.25) is 0 Å². The van der Waals surface area contributed by atoms with Gasteiger partial charge < -0.3 is 4.40 Å². The lowest BCUT2D eigenvalue weighted by Crippen LogP contribution is -1.80. The van der Waals surface area contributed by atoms with E-state index in [-0.39, 0.29) is 0 Å². The van der Waals surface area contributed by atoms with E-state index in [1.54, 1.807) is 0 Å². The van der Waals surface area contributed by atoms with Crippen LogP contribution >= 0.6 is 11.6 Å². The van der Waals surface area contributed by atoms with Crippen LogP contribution in [0.4, 0.5) is 0 Å². The minimum absolute atomic E-state index is 0.806. The second kappa shape index (κ2) is 2.28. The zero-order valence-electron chi connectivity index (χ0n) is 6.21. The zero-order chi connectivity index (χ0) is 7.84. The fraction of sp³-hybridized carbons (Fsp3) is 0.111. The highest BCUT2D eigenvalue weighted by Crippen LogP contribution is 2.19. The molecule has 56 valence electrons. The number of aryl methyl sites for hydroxylation is 1. The molecule has 0 aliphatic heterocycles. The van der Waals surface area contributed by atoms with E-state index in [0.717, 1.165) is 16.2 Å². The molecule has 0 saturated carbocycles. The molecule has 0 aromatic carbocycles. The Morgan fingerprint density at radius 1 is 1.36 bits per heavy atom. The van der Waals surface area contributed by atoms with Gasteiger partial charge in [-0.3, -0.25) is 0 Å². The number of pyridine rings is 1. The lowest BCUT2D eigenvalue weighted by Gasteiger charge is -1.93. The summed E-state index contributed by atoms with van der Waals surface area (Å²) < 4.78 is 1.97. The molecular formula is C9H8ClN. The van der Waals surface area contributed by atoms with Crippen molar-refractivity contribution in [3.8, 4) is 0 Å². The largest absolute Gasteiger partial charge is 0.307 e. The first-order valence-electron chi connectivity index (χ1n) is 3.51. The first-order valence-corrected chi connectivity index (χ1v) is 3.89. The molecule has 2 heterocycles. The van der Waals surface area contributed by atoms with E-state index in [1.807, 2.05) is 35.7 Å². The van der Waals surface area contributed by atoms with Crippen LogP contribution in [0.25, 0.3) is 5.52 Å². The number of hydrogen-bond donors (Lipinski definition) is 0. The predicted molar refractivity (Wildman–Crippen MR) is 47.1 cm³/mol. The number of hydrogen-bond acceptors (Lipinski definition) is 0. The van der Waals surface area contributed by atoms with Crippen LogP contribution in [0, 0.1) is 6.92 Å². The number of halogens is 1. The van der Waals surface area contributed by atoms with E-state index in [1.165, 1.54) is 0 Å². The van der Waals surface area contributed by atoms with Crippen LogP contribution in [0.3, 0.4) is 0 Å². The third-order valence-corrected chi connectivity index (χ3v) is 2.27. The Bertz CT molecular complexity index is 389. The van der Waals surface area contributed by atoms with Crippen LogP contribution in [0.1, 0.15) is 5.56 Å². The summed E-state index contributed by atoms with van der Waals surface area (Å²) >= 11 is 6.00. The summed E-state index contributed by atoms with van der Waals surface area (Å²) in [5, 5.41) is 0.806. The molecule has 0 saturated heterocycles. The molecule has 0 N–H and O–H groups in total. The summed E-state index contributed by atoms with van der Waals surface area (Å²) in [6.45, 7) is 2.01. The quantitative estimate of drug-likeness (QED) is 0.566. The van der Waals surface area contributed by atoms with Crippen molar-refractivity contribution in [2.75, 3.05) is 0 Å². The Morgan fingerprint density at radius 2 is 2.18 bits per heavy atom. The van der Waals surface area contributed by atoms with Gasteiger partial charge >= 0.3 is 0 Å². The van der Waals surface area contributed by atoms with Gasteiger partial charge in [0.15, 0.2) is 0 Å². The minimum Gasteiger partial charge on any atom is -0.307 e. The maximum atomic E-state index is 6.00. The van der Waals surface area contributed by atoms with Crippen molar-refractivity contribution in [3.63, 3.8) is 0 Å². The zero-order valence-corrected chi connectivity index (χ0v) is 6.97. The molecule has 0 aliphatic rings. The summed E-state index contributed by atoms with van der Waals surface area (Å²) in [4.78, 5) is 0. The molecule has 2 aromatic rings. The molecule has 0 unspecified atom stereocenters. The normalized spacial score (nSPS) is 10.7. The molecule has 11 heavy (non-hydrogen) atoms. The number of aromatic nitrogens is 1. The molecule has 0 atom stereocenters. The van der Waals surface area contributed by atoms with E-state index in [4.69, 9.17) is 11.6 Å². The van der Waals surface area contributed by atoms with Gasteiger partial charge in [0, 0.05) is 11.7 Å². The summed E-state index contributed by atoms with van der Waals surface area (Å²) in [5.41, 5.74) is 2.27. The fourth-order valence-corrected chi connectivity index (χ4v) is 1.43. The molecule has 0 spiro atoms. The van der Waals surface area contributed by atoms with Crippen molar-refractivity contribution in [2.24, 2.45) is 0 Å². The van der Waals surface area contributed by atoms with E-state index in [2.05, 4.69) is 6.07 Å². The van der Waals surface area contributed by atoms with Crippen LogP contribution in [0.5, 0.6) is 0 Å². The van der Waals surface area contributed by atoms with Gasteiger partial charge in [-0.15, -0.1) is 0 Å². The average molecular weight is 166 g/mol. The van der Waals surface area contributed by atoms with Gasteiger partial charge in [0.25, 0.3) is 0 Å². The lowest BCUT2D eigenvalue weighted by molar-refractivity contribution is 1.19. The third kappa shape index (κ3) is 0.925. The molecule has 2 heteroatoms. The number of fused-ring (bicyclic) bond motifs is 1. The molecule has 1 nitrogen and oxygen atoms in total. The summed E-state index contributed by atoms with van der Waals surface area (Å²) in [6, 6.07) is 8.09. The van der Waals surface area contributed by atoms with Crippen molar-refractivity contribution in [1.82, 2.24) is 4.40 Å². The maximum Gasteiger partial charge on any atom is 0.116 e. The molecule has 2 rings (SSSR count). The van der Waals surface area contributed by atoms with Crippen molar-refractivity contribution in [2.45, 2.75) is 6.92 Å². The van der Waals surface area contributed by atoms with Gasteiger partial charge in [-0.1, -0.05) is 17.7 Å². The predicted octanol–water partition coefficient (Wildman–Crippen LogP) is 2.90. The van der Waals surface area contributed by atoms with Crippen molar-refractivity contribution < 1.29 is 0 Å². The Hall–Kier alpha value is -0.950. The smallest absolute Gasteiger partial charge is 0.116 e. The Labute approximate surface area is 70.2 Å². The minimum atomic E-state index is 0.806. The Morgan fingerprint density at radius 3 is 2.91 bits per heavy atom. The topological polar surface area (TPSA) is 4.41 Å². The average Bonchev–Trinajstić information content (AvgIpc) is 2.30. The van der Waals surface area contributed by atoms with Gasteiger partial charge in [-0.2, -0.15) is 0 Å². The monoisotopic (exact) mass is 165 g/mol. The second-order valence-electron chi connectivity index (χ2n) is 2.61. The molecule has 0 fully saturated rings. The van der Waals surface area contributed by atoms with E-state index < -0.39 is 0 Å². The standard InChI is InChI=1S/C9H8ClN/c1-7-6-8-4-2-3-5-11(8)9(7)10/h2-6H,1H3. The van der Waals surface area contributed by atoms with Gasteiger partial charge in [0.1, 0.15) is 5.15 Å². The van der Waals surface area contributed by atoms with E-state index in [0.29, 0.717) is 0 Å². The van der Waals surface area contributed by atoms with Crippen LogP contribution in [-0.2, 0) is 0 Å². The van der Waals surface area contributed by atoms with Gasteiger partial charge in [-0.05, 0) is 30.7 Å². The van der Waals surface area contributed by atoms with Crippen molar-refractivity contribution in [1.29, 1.82) is 0 Å². The number of nitrogens with zero attached hydrogens (tertiary/aromatic N) is 1. The molecule has 0 radical (unpaired) electrons. The third-order valence-electron chi connectivity index (χ3n) is 1.79. The molecule has 0 bridgehead atoms. The van der Waals surface area contributed by atoms with Gasteiger partial charge in [0.05, 0.1) is 0 Å². The molecule has 0 aliphatic carbocycles. The van der Waals surface area contributed by atoms with Crippen LogP contribution in [-0.4, -0.2) is 4.40 Å². The van der Waals surface area contributed by atoms with Crippen LogP contribution in [0.2, 0.25) is 5.15 Å². The van der Waals surface area contributed by atoms with E-state index >= 15 is 0 Å². The molecule has 0 amide bonds. The highest BCUT2D eigenvalue weighted by Gasteiger charge is 2.00. The van der Waals surface area contributed by atoms with Crippen molar-refractivity contribution >= 4 is 17.1 Å². The first-order chi connectivity index (χ1) is 5.29. The van der Waals surface area contributed by atoms with Crippen LogP contribution in [0.15, 0.2) is 30.5 Å².